The Hall–Kier alpha value is -1.94. The molecule has 1 unspecified atom stereocenters. The fraction of sp³-hybridized carbons (Fsp3) is 0.188. The molecule has 110 valence electrons. The lowest BCUT2D eigenvalue weighted by Gasteiger charge is -2.11. The Bertz CT molecular complexity index is 599. The maximum Gasteiger partial charge on any atom is 0.224 e. The molecule has 0 aliphatic heterocycles. The molecule has 1 atom stereocenters. The van der Waals surface area contributed by atoms with E-state index in [2.05, 4.69) is 5.32 Å². The molecule has 0 saturated heterocycles. The molecular formula is C16H14ClF2NO. The molecule has 0 bridgehead atoms. The number of carbonyl (C=O) groups is 1. The van der Waals surface area contributed by atoms with Crippen molar-refractivity contribution in [2.24, 2.45) is 0 Å². The SMILES string of the molecule is O=C(Cc1c(F)cccc1F)NCC(Cl)c1ccccc1. The van der Waals surface area contributed by atoms with Gasteiger partial charge in [0.1, 0.15) is 11.6 Å². The zero-order valence-electron chi connectivity index (χ0n) is 11.2. The first-order valence-electron chi connectivity index (χ1n) is 6.46. The van der Waals surface area contributed by atoms with Crippen LogP contribution in [0.5, 0.6) is 0 Å². The summed E-state index contributed by atoms with van der Waals surface area (Å²) in [6.45, 7) is 0.195. The Morgan fingerprint density at radius 2 is 1.67 bits per heavy atom. The summed E-state index contributed by atoms with van der Waals surface area (Å²) in [7, 11) is 0. The summed E-state index contributed by atoms with van der Waals surface area (Å²) in [5.41, 5.74) is 0.636. The van der Waals surface area contributed by atoms with Crippen molar-refractivity contribution in [3.05, 3.63) is 71.3 Å². The van der Waals surface area contributed by atoms with E-state index in [-0.39, 0.29) is 23.9 Å². The summed E-state index contributed by atoms with van der Waals surface area (Å²) in [6, 6.07) is 12.8. The minimum atomic E-state index is -0.726. The summed E-state index contributed by atoms with van der Waals surface area (Å²) in [6.07, 6.45) is -0.350. The summed E-state index contributed by atoms with van der Waals surface area (Å²) in [5.74, 6) is -1.92. The van der Waals surface area contributed by atoms with E-state index in [4.69, 9.17) is 11.6 Å². The maximum absolute atomic E-state index is 13.4. The third kappa shape index (κ3) is 4.26. The molecule has 1 amide bonds. The topological polar surface area (TPSA) is 29.1 Å². The number of rotatable bonds is 5. The molecule has 2 aromatic rings. The Balaban J connectivity index is 1.91. The van der Waals surface area contributed by atoms with Crippen LogP contribution in [0.15, 0.2) is 48.5 Å². The van der Waals surface area contributed by atoms with Crippen LogP contribution in [0, 0.1) is 11.6 Å². The van der Waals surface area contributed by atoms with Gasteiger partial charge in [0.2, 0.25) is 5.91 Å². The minimum absolute atomic E-state index is 0.195. The summed E-state index contributed by atoms with van der Waals surface area (Å²) < 4.78 is 26.9. The molecule has 2 rings (SSSR count). The second-order valence-corrected chi connectivity index (χ2v) is 5.09. The predicted molar refractivity (Wildman–Crippen MR) is 78.1 cm³/mol. The normalized spacial score (nSPS) is 12.0. The number of amides is 1. The van der Waals surface area contributed by atoms with Crippen molar-refractivity contribution >= 4 is 17.5 Å². The Labute approximate surface area is 126 Å². The van der Waals surface area contributed by atoms with Gasteiger partial charge in [-0.15, -0.1) is 11.6 Å². The highest BCUT2D eigenvalue weighted by Gasteiger charge is 2.14. The molecule has 21 heavy (non-hydrogen) atoms. The van der Waals surface area contributed by atoms with Gasteiger partial charge in [-0.05, 0) is 17.7 Å². The van der Waals surface area contributed by atoms with E-state index in [0.717, 1.165) is 17.7 Å². The number of hydrogen-bond acceptors (Lipinski definition) is 1. The zero-order valence-corrected chi connectivity index (χ0v) is 11.9. The van der Waals surface area contributed by atoms with Crippen LogP contribution in [0.3, 0.4) is 0 Å². The maximum atomic E-state index is 13.4. The molecule has 2 aromatic carbocycles. The van der Waals surface area contributed by atoms with Crippen LogP contribution in [-0.4, -0.2) is 12.5 Å². The van der Waals surface area contributed by atoms with Crippen LogP contribution in [-0.2, 0) is 11.2 Å². The molecule has 0 saturated carbocycles. The van der Waals surface area contributed by atoms with Crippen LogP contribution in [0.2, 0.25) is 0 Å². The van der Waals surface area contributed by atoms with Gasteiger partial charge in [-0.2, -0.15) is 0 Å². The summed E-state index contributed by atoms with van der Waals surface area (Å²) in [4.78, 5) is 11.7. The zero-order chi connectivity index (χ0) is 15.2. The molecule has 0 heterocycles. The number of alkyl halides is 1. The molecule has 1 N–H and O–H groups in total. The summed E-state index contributed by atoms with van der Waals surface area (Å²) in [5, 5.41) is 2.19. The minimum Gasteiger partial charge on any atom is -0.354 e. The molecule has 0 aliphatic rings. The van der Waals surface area contributed by atoms with Gasteiger partial charge in [0.25, 0.3) is 0 Å². The van der Waals surface area contributed by atoms with Crippen LogP contribution >= 0.6 is 11.6 Å². The monoisotopic (exact) mass is 309 g/mol. The van der Waals surface area contributed by atoms with Gasteiger partial charge >= 0.3 is 0 Å². The third-order valence-electron chi connectivity index (χ3n) is 3.04. The molecule has 0 spiro atoms. The van der Waals surface area contributed by atoms with E-state index < -0.39 is 17.5 Å². The first kappa shape index (κ1) is 15.4. The van der Waals surface area contributed by atoms with E-state index in [0.29, 0.717) is 0 Å². The number of carbonyl (C=O) groups excluding carboxylic acids is 1. The molecule has 0 aliphatic carbocycles. The van der Waals surface area contributed by atoms with Gasteiger partial charge in [-0.1, -0.05) is 36.4 Å². The smallest absolute Gasteiger partial charge is 0.224 e. The van der Waals surface area contributed by atoms with E-state index >= 15 is 0 Å². The highest BCUT2D eigenvalue weighted by atomic mass is 35.5. The van der Waals surface area contributed by atoms with Crippen molar-refractivity contribution in [3.63, 3.8) is 0 Å². The van der Waals surface area contributed by atoms with E-state index in [1.807, 2.05) is 30.3 Å². The van der Waals surface area contributed by atoms with Crippen LogP contribution in [0.1, 0.15) is 16.5 Å². The second-order valence-electron chi connectivity index (χ2n) is 4.56. The molecule has 0 fully saturated rings. The fourth-order valence-corrected chi connectivity index (χ4v) is 2.13. The van der Waals surface area contributed by atoms with Crippen molar-refractivity contribution in [3.8, 4) is 0 Å². The van der Waals surface area contributed by atoms with Crippen molar-refractivity contribution < 1.29 is 13.6 Å². The average Bonchev–Trinajstić information content (AvgIpc) is 2.49. The highest BCUT2D eigenvalue weighted by molar-refractivity contribution is 6.21. The lowest BCUT2D eigenvalue weighted by molar-refractivity contribution is -0.120. The molecule has 0 radical (unpaired) electrons. The van der Waals surface area contributed by atoms with E-state index in [1.54, 1.807) is 0 Å². The Morgan fingerprint density at radius 3 is 2.29 bits per heavy atom. The third-order valence-corrected chi connectivity index (χ3v) is 3.45. The van der Waals surface area contributed by atoms with Crippen LogP contribution in [0.25, 0.3) is 0 Å². The Kier molecular flexibility index (Phi) is 5.28. The van der Waals surface area contributed by atoms with E-state index in [9.17, 15) is 13.6 Å². The van der Waals surface area contributed by atoms with Crippen molar-refractivity contribution in [1.82, 2.24) is 5.32 Å². The quantitative estimate of drug-likeness (QED) is 0.840. The largest absolute Gasteiger partial charge is 0.354 e. The highest BCUT2D eigenvalue weighted by Crippen LogP contribution is 2.19. The van der Waals surface area contributed by atoms with Crippen molar-refractivity contribution in [1.29, 1.82) is 0 Å². The number of halogens is 3. The summed E-state index contributed by atoms with van der Waals surface area (Å²) >= 11 is 6.15. The standard InChI is InChI=1S/C16H14ClF2NO/c17-13(11-5-2-1-3-6-11)10-20-16(21)9-12-14(18)7-4-8-15(12)19/h1-8,13H,9-10H2,(H,20,21). The van der Waals surface area contributed by atoms with Gasteiger partial charge < -0.3 is 5.32 Å². The van der Waals surface area contributed by atoms with Crippen LogP contribution < -0.4 is 5.32 Å². The van der Waals surface area contributed by atoms with Crippen LogP contribution in [0.4, 0.5) is 8.78 Å². The van der Waals surface area contributed by atoms with Gasteiger partial charge in [0, 0.05) is 12.1 Å². The average molecular weight is 310 g/mol. The predicted octanol–water partition coefficient (Wildman–Crippen LogP) is 3.60. The first-order valence-corrected chi connectivity index (χ1v) is 6.90. The van der Waals surface area contributed by atoms with E-state index in [1.165, 1.54) is 6.07 Å². The molecule has 5 heteroatoms. The first-order chi connectivity index (χ1) is 10.1. The lowest BCUT2D eigenvalue weighted by atomic mass is 10.1. The van der Waals surface area contributed by atoms with Crippen molar-refractivity contribution in [2.45, 2.75) is 11.8 Å². The number of hydrogen-bond donors (Lipinski definition) is 1. The molecule has 2 nitrogen and oxygen atoms in total. The lowest BCUT2D eigenvalue weighted by Crippen LogP contribution is -2.28. The van der Waals surface area contributed by atoms with Gasteiger partial charge in [-0.3, -0.25) is 4.79 Å². The fourth-order valence-electron chi connectivity index (χ4n) is 1.91. The Morgan fingerprint density at radius 1 is 1.05 bits per heavy atom. The number of benzene rings is 2. The van der Waals surface area contributed by atoms with Gasteiger partial charge in [0.15, 0.2) is 0 Å². The number of nitrogens with one attached hydrogen (secondary N) is 1. The molecular weight excluding hydrogens is 296 g/mol. The molecule has 0 aromatic heterocycles. The van der Waals surface area contributed by atoms with Crippen molar-refractivity contribution in [2.75, 3.05) is 6.54 Å². The van der Waals surface area contributed by atoms with Gasteiger partial charge in [0.05, 0.1) is 11.8 Å². The van der Waals surface area contributed by atoms with Gasteiger partial charge in [-0.25, -0.2) is 8.78 Å². The second kappa shape index (κ2) is 7.18.